The number of thioether (sulfide) groups is 1. The highest BCUT2D eigenvalue weighted by Gasteiger charge is 2.13. The van der Waals surface area contributed by atoms with Gasteiger partial charge in [0.15, 0.2) is 5.16 Å². The Morgan fingerprint density at radius 1 is 1.08 bits per heavy atom. The number of nitrogens with zero attached hydrogens (tertiary/aromatic N) is 4. The van der Waals surface area contributed by atoms with Crippen molar-refractivity contribution in [1.82, 2.24) is 20.2 Å². The van der Waals surface area contributed by atoms with Gasteiger partial charge in [0.05, 0.1) is 18.9 Å². The van der Waals surface area contributed by atoms with Crippen molar-refractivity contribution in [3.63, 3.8) is 0 Å². The van der Waals surface area contributed by atoms with Crippen LogP contribution in [0.2, 0.25) is 0 Å². The topological polar surface area (TPSA) is 70.6 Å². The predicted molar refractivity (Wildman–Crippen MR) is 147 cm³/mol. The summed E-state index contributed by atoms with van der Waals surface area (Å²) in [5.74, 6) is 1.56. The fraction of sp³-hybridized carbons (Fsp3) is 0.393. The number of benzene rings is 2. The molecule has 7 nitrogen and oxygen atoms in total. The zero-order valence-corrected chi connectivity index (χ0v) is 22.0. The summed E-state index contributed by atoms with van der Waals surface area (Å²) < 4.78 is 5.38. The Morgan fingerprint density at radius 3 is 2.67 bits per heavy atom. The second-order valence-corrected chi connectivity index (χ2v) is 9.82. The largest absolute Gasteiger partial charge is 0.379 e. The Labute approximate surface area is 218 Å². The van der Waals surface area contributed by atoms with Gasteiger partial charge in [-0.05, 0) is 24.1 Å². The minimum atomic E-state index is -0.0408. The first kappa shape index (κ1) is 26.1. The number of amides is 1. The van der Waals surface area contributed by atoms with E-state index in [4.69, 9.17) is 14.7 Å². The Balaban J connectivity index is 1.40. The van der Waals surface area contributed by atoms with Gasteiger partial charge in [0.2, 0.25) is 0 Å². The van der Waals surface area contributed by atoms with Crippen molar-refractivity contribution in [1.29, 1.82) is 0 Å². The van der Waals surface area contributed by atoms with E-state index in [1.54, 1.807) is 11.8 Å². The number of morpholine rings is 1. The number of ether oxygens (including phenoxy) is 1. The van der Waals surface area contributed by atoms with Crippen LogP contribution in [0.5, 0.6) is 0 Å². The molecule has 1 aliphatic heterocycles. The van der Waals surface area contributed by atoms with Crippen LogP contribution in [-0.4, -0.2) is 73.8 Å². The zero-order valence-electron chi connectivity index (χ0n) is 21.2. The molecule has 3 aromatic rings. The molecule has 1 fully saturated rings. The number of carbonyl (C=O) groups is 1. The van der Waals surface area contributed by atoms with Crippen molar-refractivity contribution in [2.45, 2.75) is 24.3 Å². The van der Waals surface area contributed by atoms with Gasteiger partial charge in [-0.1, -0.05) is 61.2 Å². The molecule has 1 aromatic heterocycles. The van der Waals surface area contributed by atoms with Crippen LogP contribution in [0.15, 0.2) is 65.8 Å². The highest BCUT2D eigenvalue weighted by atomic mass is 32.2. The van der Waals surface area contributed by atoms with E-state index < -0.39 is 0 Å². The first-order valence-electron chi connectivity index (χ1n) is 12.6. The van der Waals surface area contributed by atoms with Gasteiger partial charge in [0.25, 0.3) is 5.91 Å². The second-order valence-electron chi connectivity index (χ2n) is 8.88. The number of carbonyl (C=O) groups excluding carboxylic acids is 1. The molecule has 2 heterocycles. The van der Waals surface area contributed by atoms with Gasteiger partial charge >= 0.3 is 0 Å². The van der Waals surface area contributed by atoms with Crippen LogP contribution in [0.1, 0.15) is 29.3 Å². The van der Waals surface area contributed by atoms with Crippen LogP contribution in [0.25, 0.3) is 11.3 Å². The molecule has 0 saturated carbocycles. The maximum atomic E-state index is 12.7. The Hall–Kier alpha value is -2.94. The van der Waals surface area contributed by atoms with Crippen molar-refractivity contribution in [3.05, 3.63) is 71.8 Å². The van der Waals surface area contributed by atoms with Gasteiger partial charge in [-0.15, -0.1) is 0 Å². The van der Waals surface area contributed by atoms with Crippen molar-refractivity contribution >= 4 is 23.5 Å². The Morgan fingerprint density at radius 2 is 1.89 bits per heavy atom. The summed E-state index contributed by atoms with van der Waals surface area (Å²) in [6, 6.07) is 20.1. The SMILES string of the molecule is CCCN(C)c1cc(-c2ccccc2)nc(SCc2cccc(C(=O)NCCN3CCOCC3)c2)n1. The second kappa shape index (κ2) is 13.4. The van der Waals surface area contributed by atoms with Crippen molar-refractivity contribution in [2.75, 3.05) is 57.9 Å². The lowest BCUT2D eigenvalue weighted by molar-refractivity contribution is 0.0383. The smallest absolute Gasteiger partial charge is 0.251 e. The van der Waals surface area contributed by atoms with Gasteiger partial charge in [0, 0.05) is 62.7 Å². The molecule has 1 amide bonds. The molecule has 0 aliphatic carbocycles. The average Bonchev–Trinajstić information content (AvgIpc) is 2.93. The van der Waals surface area contributed by atoms with Crippen LogP contribution >= 0.6 is 11.8 Å². The Bertz CT molecular complexity index is 1120. The summed E-state index contributed by atoms with van der Waals surface area (Å²) in [7, 11) is 2.07. The minimum absolute atomic E-state index is 0.0408. The van der Waals surface area contributed by atoms with Gasteiger partial charge < -0.3 is 15.0 Å². The van der Waals surface area contributed by atoms with E-state index in [0.717, 1.165) is 73.6 Å². The summed E-state index contributed by atoms with van der Waals surface area (Å²) >= 11 is 1.59. The lowest BCUT2D eigenvalue weighted by Gasteiger charge is -2.26. The third-order valence-electron chi connectivity index (χ3n) is 6.09. The van der Waals surface area contributed by atoms with E-state index in [9.17, 15) is 4.79 Å². The quantitative estimate of drug-likeness (QED) is 0.307. The van der Waals surface area contributed by atoms with Crippen LogP contribution in [0, 0.1) is 0 Å². The third-order valence-corrected chi connectivity index (χ3v) is 7.00. The maximum Gasteiger partial charge on any atom is 0.251 e. The number of rotatable bonds is 11. The summed E-state index contributed by atoms with van der Waals surface area (Å²) in [5.41, 5.74) is 3.73. The summed E-state index contributed by atoms with van der Waals surface area (Å²) in [6.45, 7) is 7.94. The molecule has 2 aromatic carbocycles. The van der Waals surface area contributed by atoms with Gasteiger partial charge in [-0.3, -0.25) is 9.69 Å². The number of hydrogen-bond donors (Lipinski definition) is 1. The third kappa shape index (κ3) is 7.53. The fourth-order valence-corrected chi connectivity index (χ4v) is 4.88. The normalized spacial score (nSPS) is 13.9. The molecule has 8 heteroatoms. The van der Waals surface area contributed by atoms with E-state index in [2.05, 4.69) is 47.3 Å². The lowest BCUT2D eigenvalue weighted by Crippen LogP contribution is -2.41. The van der Waals surface area contributed by atoms with Crippen LogP contribution in [-0.2, 0) is 10.5 Å². The lowest BCUT2D eigenvalue weighted by atomic mass is 10.1. The zero-order chi connectivity index (χ0) is 25.2. The van der Waals surface area contributed by atoms with Crippen molar-refractivity contribution in [3.8, 4) is 11.3 Å². The number of anilines is 1. The first-order chi connectivity index (χ1) is 17.6. The molecule has 190 valence electrons. The summed E-state index contributed by atoms with van der Waals surface area (Å²) in [4.78, 5) is 26.8. The number of aromatic nitrogens is 2. The maximum absolute atomic E-state index is 12.7. The predicted octanol–water partition coefficient (Wildman–Crippen LogP) is 4.34. The van der Waals surface area contributed by atoms with E-state index in [-0.39, 0.29) is 5.91 Å². The highest BCUT2D eigenvalue weighted by molar-refractivity contribution is 7.98. The molecule has 0 unspecified atom stereocenters. The van der Waals surface area contributed by atoms with Crippen LogP contribution in [0.4, 0.5) is 5.82 Å². The van der Waals surface area contributed by atoms with E-state index in [1.807, 2.05) is 42.5 Å². The molecule has 0 atom stereocenters. The molecule has 1 N–H and O–H groups in total. The van der Waals surface area contributed by atoms with E-state index in [1.165, 1.54) is 0 Å². The monoisotopic (exact) mass is 505 g/mol. The van der Waals surface area contributed by atoms with Gasteiger partial charge in [-0.2, -0.15) is 0 Å². The van der Waals surface area contributed by atoms with Crippen LogP contribution in [0.3, 0.4) is 0 Å². The average molecular weight is 506 g/mol. The van der Waals surface area contributed by atoms with Crippen molar-refractivity contribution < 1.29 is 9.53 Å². The Kier molecular flexibility index (Phi) is 9.72. The summed E-state index contributed by atoms with van der Waals surface area (Å²) in [5, 5.41) is 3.78. The molecule has 0 radical (unpaired) electrons. The number of hydrogen-bond acceptors (Lipinski definition) is 7. The van der Waals surface area contributed by atoms with E-state index >= 15 is 0 Å². The van der Waals surface area contributed by atoms with Crippen molar-refractivity contribution in [2.24, 2.45) is 0 Å². The van der Waals surface area contributed by atoms with Gasteiger partial charge in [0.1, 0.15) is 5.82 Å². The first-order valence-corrected chi connectivity index (χ1v) is 13.6. The molecule has 0 bridgehead atoms. The fourth-order valence-electron chi connectivity index (χ4n) is 4.08. The van der Waals surface area contributed by atoms with Crippen LogP contribution < -0.4 is 10.2 Å². The molecule has 0 spiro atoms. The number of nitrogens with one attached hydrogen (secondary N) is 1. The summed E-state index contributed by atoms with van der Waals surface area (Å²) in [6.07, 6.45) is 1.05. The molecule has 1 aliphatic rings. The molecular weight excluding hydrogens is 470 g/mol. The standard InChI is InChI=1S/C28H35N5O2S/c1-3-13-32(2)26-20-25(23-9-5-4-6-10-23)30-28(31-26)36-21-22-8-7-11-24(19-22)27(34)29-12-14-33-15-17-35-18-16-33/h4-11,19-20H,3,12-18,21H2,1-2H3,(H,29,34). The van der Waals surface area contributed by atoms with E-state index in [0.29, 0.717) is 17.9 Å². The molecule has 4 rings (SSSR count). The molecular formula is C28H35N5O2S. The minimum Gasteiger partial charge on any atom is -0.379 e. The van der Waals surface area contributed by atoms with Gasteiger partial charge in [-0.25, -0.2) is 9.97 Å². The molecule has 1 saturated heterocycles. The highest BCUT2D eigenvalue weighted by Crippen LogP contribution is 2.27. The molecule has 36 heavy (non-hydrogen) atoms.